The van der Waals surface area contributed by atoms with Crippen LogP contribution < -0.4 is 14.8 Å². The van der Waals surface area contributed by atoms with Crippen molar-refractivity contribution in [2.24, 2.45) is 0 Å². The minimum atomic E-state index is -0.384. The summed E-state index contributed by atoms with van der Waals surface area (Å²) in [5.74, 6) is 0.763. The molecule has 0 saturated carbocycles. The van der Waals surface area contributed by atoms with Gasteiger partial charge in [0.25, 0.3) is 11.9 Å². The molecule has 0 spiro atoms. The summed E-state index contributed by atoms with van der Waals surface area (Å²) in [7, 11) is 3.03. The number of hydrogen-bond donors (Lipinski definition) is 1. The van der Waals surface area contributed by atoms with Crippen molar-refractivity contribution in [2.45, 2.75) is 6.54 Å². The fourth-order valence-electron chi connectivity index (χ4n) is 1.60. The lowest BCUT2D eigenvalue weighted by molar-refractivity contribution is 0.102. The molecule has 1 aromatic carbocycles. The maximum atomic E-state index is 12.2. The zero-order valence-electron chi connectivity index (χ0n) is 11.7. The molecule has 8 heteroatoms. The van der Waals surface area contributed by atoms with Crippen molar-refractivity contribution >= 4 is 11.9 Å². The second-order valence-electron chi connectivity index (χ2n) is 4.01. The monoisotopic (exact) mass is 289 g/mol. The van der Waals surface area contributed by atoms with Gasteiger partial charge in [0, 0.05) is 11.6 Å². The summed E-state index contributed by atoms with van der Waals surface area (Å²) in [5.41, 5.74) is 0.367. The van der Waals surface area contributed by atoms with Crippen LogP contribution in [0.1, 0.15) is 10.4 Å². The zero-order chi connectivity index (χ0) is 15.2. The van der Waals surface area contributed by atoms with Crippen molar-refractivity contribution in [3.05, 3.63) is 36.4 Å². The largest absolute Gasteiger partial charge is 0.497 e. The minimum Gasteiger partial charge on any atom is -0.497 e. The average Bonchev–Trinajstić information content (AvgIpc) is 2.94. The number of anilines is 1. The molecule has 2 aromatic rings. The first kappa shape index (κ1) is 14.5. The normalized spacial score (nSPS) is 10.0. The summed E-state index contributed by atoms with van der Waals surface area (Å²) in [6.45, 7) is 3.98. The molecule has 21 heavy (non-hydrogen) atoms. The number of rotatable bonds is 6. The third-order valence-electron chi connectivity index (χ3n) is 2.58. The first-order chi connectivity index (χ1) is 10.2. The molecule has 0 unspecified atom stereocenters. The first-order valence-electron chi connectivity index (χ1n) is 6.09. The fourth-order valence-corrected chi connectivity index (χ4v) is 1.60. The predicted molar refractivity (Wildman–Crippen MR) is 75.5 cm³/mol. The summed E-state index contributed by atoms with van der Waals surface area (Å²) < 4.78 is 10.2. The molecule has 0 saturated heterocycles. The van der Waals surface area contributed by atoms with Crippen molar-refractivity contribution < 1.29 is 14.3 Å². The SMILES string of the molecule is C=CCn1nnc(NC(=O)c2cc(OC)cc(OC)c2)n1. The molecule has 110 valence electrons. The Labute approximate surface area is 121 Å². The molecule has 0 fully saturated rings. The average molecular weight is 289 g/mol. The maximum absolute atomic E-state index is 12.2. The van der Waals surface area contributed by atoms with Gasteiger partial charge in [-0.2, -0.15) is 4.80 Å². The second kappa shape index (κ2) is 6.51. The smallest absolute Gasteiger partial charge is 0.270 e. The standard InChI is InChI=1S/C13H15N5O3/c1-4-5-18-16-13(15-17-18)14-12(19)9-6-10(20-2)8-11(7-9)21-3/h4,6-8H,1,5H2,2-3H3,(H,14,16,19). The van der Waals surface area contributed by atoms with Crippen molar-refractivity contribution in [3.8, 4) is 11.5 Å². The molecule has 0 aliphatic rings. The number of ether oxygens (including phenoxy) is 2. The number of allylic oxidation sites excluding steroid dienone is 1. The summed E-state index contributed by atoms with van der Waals surface area (Å²) in [6.07, 6.45) is 1.63. The van der Waals surface area contributed by atoms with Gasteiger partial charge >= 0.3 is 0 Å². The van der Waals surface area contributed by atoms with Gasteiger partial charge in [-0.15, -0.1) is 11.7 Å². The third kappa shape index (κ3) is 3.56. The van der Waals surface area contributed by atoms with Crippen LogP contribution in [0, 0.1) is 0 Å². The van der Waals surface area contributed by atoms with E-state index in [1.165, 1.54) is 19.0 Å². The Bertz CT molecular complexity index is 631. The van der Waals surface area contributed by atoms with E-state index in [9.17, 15) is 4.79 Å². The van der Waals surface area contributed by atoms with Gasteiger partial charge in [-0.05, 0) is 17.3 Å². The van der Waals surface area contributed by atoms with Crippen LogP contribution in [-0.4, -0.2) is 40.3 Å². The van der Waals surface area contributed by atoms with E-state index in [0.717, 1.165) is 0 Å². The van der Waals surface area contributed by atoms with Gasteiger partial charge in [-0.1, -0.05) is 11.2 Å². The lowest BCUT2D eigenvalue weighted by Crippen LogP contribution is -2.13. The van der Waals surface area contributed by atoms with Crippen molar-refractivity contribution in [3.63, 3.8) is 0 Å². The highest BCUT2D eigenvalue weighted by Crippen LogP contribution is 2.22. The minimum absolute atomic E-state index is 0.114. The Kier molecular flexibility index (Phi) is 4.50. The van der Waals surface area contributed by atoms with Crippen LogP contribution in [-0.2, 0) is 6.54 Å². The van der Waals surface area contributed by atoms with Gasteiger partial charge in [0.05, 0.1) is 20.8 Å². The van der Waals surface area contributed by atoms with Crippen LogP contribution in [0.4, 0.5) is 5.95 Å². The third-order valence-corrected chi connectivity index (χ3v) is 2.58. The number of aromatic nitrogens is 4. The molecule has 0 aliphatic heterocycles. The number of methoxy groups -OCH3 is 2. The van der Waals surface area contributed by atoms with E-state index in [1.54, 1.807) is 24.3 Å². The molecule has 1 N–H and O–H groups in total. The number of hydrogen-bond acceptors (Lipinski definition) is 6. The highest BCUT2D eigenvalue weighted by atomic mass is 16.5. The fraction of sp³-hybridized carbons (Fsp3) is 0.231. The summed E-state index contributed by atoms with van der Waals surface area (Å²) in [6, 6.07) is 4.85. The van der Waals surface area contributed by atoms with Crippen LogP contribution in [0.2, 0.25) is 0 Å². The molecule has 1 amide bonds. The predicted octanol–water partition coefficient (Wildman–Crippen LogP) is 1.13. The van der Waals surface area contributed by atoms with Crippen LogP contribution in [0.15, 0.2) is 30.9 Å². The van der Waals surface area contributed by atoms with E-state index < -0.39 is 0 Å². The first-order valence-corrected chi connectivity index (χ1v) is 6.09. The molecular formula is C13H15N5O3. The van der Waals surface area contributed by atoms with Crippen LogP contribution >= 0.6 is 0 Å². The van der Waals surface area contributed by atoms with Crippen LogP contribution in [0.5, 0.6) is 11.5 Å². The summed E-state index contributed by atoms with van der Waals surface area (Å²) >= 11 is 0. The number of nitrogens with zero attached hydrogens (tertiary/aromatic N) is 4. The Balaban J connectivity index is 2.16. The van der Waals surface area contributed by atoms with Gasteiger partial charge in [0.2, 0.25) is 0 Å². The molecule has 1 aromatic heterocycles. The quantitative estimate of drug-likeness (QED) is 0.801. The van der Waals surface area contributed by atoms with Crippen molar-refractivity contribution in [1.29, 1.82) is 0 Å². The number of benzene rings is 1. The highest BCUT2D eigenvalue weighted by Gasteiger charge is 2.12. The van der Waals surface area contributed by atoms with Gasteiger partial charge in [-0.25, -0.2) is 0 Å². The molecule has 8 nitrogen and oxygen atoms in total. The van der Waals surface area contributed by atoms with Gasteiger partial charge < -0.3 is 9.47 Å². The molecular weight excluding hydrogens is 274 g/mol. The second-order valence-corrected chi connectivity index (χ2v) is 4.01. The van der Waals surface area contributed by atoms with E-state index >= 15 is 0 Å². The number of tetrazole rings is 1. The summed E-state index contributed by atoms with van der Waals surface area (Å²) in [5, 5.41) is 14.0. The maximum Gasteiger partial charge on any atom is 0.270 e. The van der Waals surface area contributed by atoms with Gasteiger partial charge in [0.1, 0.15) is 11.5 Å². The highest BCUT2D eigenvalue weighted by molar-refractivity contribution is 6.03. The number of nitrogens with one attached hydrogen (secondary N) is 1. The Morgan fingerprint density at radius 3 is 2.57 bits per heavy atom. The van der Waals surface area contributed by atoms with Crippen molar-refractivity contribution in [1.82, 2.24) is 20.2 Å². The lowest BCUT2D eigenvalue weighted by atomic mass is 10.2. The van der Waals surface area contributed by atoms with Crippen LogP contribution in [0.3, 0.4) is 0 Å². The molecule has 1 heterocycles. The molecule has 2 rings (SSSR count). The Hall–Kier alpha value is -2.90. The molecule has 0 radical (unpaired) electrons. The molecule has 0 atom stereocenters. The number of amides is 1. The van der Waals surface area contributed by atoms with Crippen LogP contribution in [0.25, 0.3) is 0 Å². The van der Waals surface area contributed by atoms with E-state index in [-0.39, 0.29) is 11.9 Å². The van der Waals surface area contributed by atoms with Gasteiger partial charge in [0.15, 0.2) is 0 Å². The van der Waals surface area contributed by atoms with Crippen molar-refractivity contribution in [2.75, 3.05) is 19.5 Å². The molecule has 0 bridgehead atoms. The number of carbonyl (C=O) groups excluding carboxylic acids is 1. The summed E-state index contributed by atoms with van der Waals surface area (Å²) in [4.78, 5) is 13.5. The lowest BCUT2D eigenvalue weighted by Gasteiger charge is -2.07. The van der Waals surface area contributed by atoms with E-state index in [2.05, 4.69) is 27.3 Å². The topological polar surface area (TPSA) is 91.2 Å². The Morgan fingerprint density at radius 2 is 2.00 bits per heavy atom. The van der Waals surface area contributed by atoms with E-state index in [4.69, 9.17) is 9.47 Å². The van der Waals surface area contributed by atoms with Gasteiger partial charge in [-0.3, -0.25) is 10.1 Å². The number of carbonyl (C=O) groups is 1. The Morgan fingerprint density at radius 1 is 1.33 bits per heavy atom. The zero-order valence-corrected chi connectivity index (χ0v) is 11.7. The molecule has 0 aliphatic carbocycles. The van der Waals surface area contributed by atoms with E-state index in [0.29, 0.717) is 23.6 Å². The van der Waals surface area contributed by atoms with E-state index in [1.807, 2.05) is 0 Å².